The Morgan fingerprint density at radius 2 is 1.84 bits per heavy atom. The van der Waals surface area contributed by atoms with Crippen LogP contribution in [0.3, 0.4) is 0 Å². The first-order chi connectivity index (χ1) is 18.4. The summed E-state index contributed by atoms with van der Waals surface area (Å²) in [5.74, 6) is -1.36. The molecule has 0 unspecified atom stereocenters. The van der Waals surface area contributed by atoms with E-state index in [1.165, 1.54) is 0 Å². The lowest BCUT2D eigenvalue weighted by atomic mass is 9.94. The molecule has 0 radical (unpaired) electrons. The van der Waals surface area contributed by atoms with Crippen molar-refractivity contribution in [2.45, 2.75) is 82.2 Å². The number of hydrogen-bond acceptors (Lipinski definition) is 5. The lowest BCUT2D eigenvalue weighted by Crippen LogP contribution is -2.50. The summed E-state index contributed by atoms with van der Waals surface area (Å²) in [6.45, 7) is 8.22. The number of rotatable bonds is 15. The van der Waals surface area contributed by atoms with Gasteiger partial charge >= 0.3 is 5.97 Å². The molecule has 2 amide bonds. The Kier molecular flexibility index (Phi) is 11.6. The molecule has 1 saturated carbocycles. The Labute approximate surface area is 227 Å². The Bertz CT molecular complexity index is 941. The van der Waals surface area contributed by atoms with Crippen LogP contribution in [0.1, 0.15) is 69.8 Å². The van der Waals surface area contributed by atoms with Gasteiger partial charge in [0.25, 0.3) is 0 Å². The van der Waals surface area contributed by atoms with Gasteiger partial charge in [-0.25, -0.2) is 0 Å². The summed E-state index contributed by atoms with van der Waals surface area (Å²) in [7, 11) is 0. The third-order valence-electron chi connectivity index (χ3n) is 7.96. The largest absolute Gasteiger partial charge is 0.463 e. The molecule has 1 saturated heterocycles. The Morgan fingerprint density at radius 1 is 1.11 bits per heavy atom. The SMILES string of the molecule is C=CCC[C@H](Cc1ccccc1)C(=O)OC[C@@H]1CCCN1C(=O)[C@H](CC=C)CC(=O)NC1(CO)CCCC1. The highest BCUT2D eigenvalue weighted by molar-refractivity contribution is 5.86. The smallest absolute Gasteiger partial charge is 0.309 e. The number of carbonyl (C=O) groups excluding carboxylic acids is 3. The molecule has 1 aliphatic carbocycles. The van der Waals surface area contributed by atoms with Crippen LogP contribution < -0.4 is 5.32 Å². The number of allylic oxidation sites excluding steroid dienone is 2. The zero-order valence-electron chi connectivity index (χ0n) is 22.6. The van der Waals surface area contributed by atoms with Gasteiger partial charge in [-0.15, -0.1) is 13.2 Å². The average Bonchev–Trinajstić information content (AvgIpc) is 3.59. The molecule has 208 valence electrons. The standard InChI is InChI=1S/C31H44N2O5/c1-3-5-15-26(20-24-13-7-6-8-14-24)30(37)38-22-27-16-11-19-33(27)29(36)25(12-4-2)21-28(35)32-31(23-34)17-9-10-18-31/h3-4,6-8,13-14,25-27,34H,1-2,5,9-12,15-23H2,(H,32,35)/t25-,26-,27+/m1/s1. The number of carbonyl (C=O) groups is 3. The van der Waals surface area contributed by atoms with Crippen molar-refractivity contribution in [3.63, 3.8) is 0 Å². The maximum atomic E-state index is 13.5. The first-order valence-corrected chi connectivity index (χ1v) is 14.1. The van der Waals surface area contributed by atoms with Gasteiger partial charge in [-0.2, -0.15) is 0 Å². The van der Waals surface area contributed by atoms with Crippen LogP contribution >= 0.6 is 0 Å². The summed E-state index contributed by atoms with van der Waals surface area (Å²) in [5.41, 5.74) is 0.521. The Morgan fingerprint density at radius 3 is 2.50 bits per heavy atom. The highest BCUT2D eigenvalue weighted by Gasteiger charge is 2.38. The molecular weight excluding hydrogens is 480 g/mol. The maximum Gasteiger partial charge on any atom is 0.309 e. The first kappa shape index (κ1) is 29.6. The second-order valence-electron chi connectivity index (χ2n) is 10.8. The van der Waals surface area contributed by atoms with Crippen LogP contribution in [0.15, 0.2) is 55.6 Å². The molecule has 1 aromatic carbocycles. The molecule has 3 rings (SSSR count). The summed E-state index contributed by atoms with van der Waals surface area (Å²) in [6.07, 6.45) is 11.0. The molecule has 1 heterocycles. The second-order valence-corrected chi connectivity index (χ2v) is 10.8. The van der Waals surface area contributed by atoms with Crippen molar-refractivity contribution in [3.8, 4) is 0 Å². The van der Waals surface area contributed by atoms with Crippen LogP contribution in [0.25, 0.3) is 0 Å². The number of ether oxygens (including phenoxy) is 1. The molecule has 3 atom stereocenters. The number of aliphatic hydroxyl groups is 1. The van der Waals surface area contributed by atoms with Crippen molar-refractivity contribution in [3.05, 3.63) is 61.2 Å². The first-order valence-electron chi connectivity index (χ1n) is 14.1. The van der Waals surface area contributed by atoms with Crippen LogP contribution in [-0.4, -0.2) is 59.1 Å². The van der Waals surface area contributed by atoms with E-state index in [1.54, 1.807) is 11.0 Å². The van der Waals surface area contributed by atoms with E-state index in [0.717, 1.165) is 50.5 Å². The third kappa shape index (κ3) is 8.29. The molecule has 38 heavy (non-hydrogen) atoms. The van der Waals surface area contributed by atoms with Crippen molar-refractivity contribution >= 4 is 17.8 Å². The van der Waals surface area contributed by atoms with Gasteiger partial charge in [0.2, 0.25) is 11.8 Å². The summed E-state index contributed by atoms with van der Waals surface area (Å²) in [4.78, 5) is 41.2. The van der Waals surface area contributed by atoms with E-state index < -0.39 is 11.5 Å². The molecule has 0 spiro atoms. The summed E-state index contributed by atoms with van der Waals surface area (Å²) in [6, 6.07) is 9.70. The van der Waals surface area contributed by atoms with Gasteiger partial charge in [0.1, 0.15) is 6.61 Å². The highest BCUT2D eigenvalue weighted by Crippen LogP contribution is 2.30. The predicted molar refractivity (Wildman–Crippen MR) is 148 cm³/mol. The molecular formula is C31H44N2O5. The van der Waals surface area contributed by atoms with E-state index >= 15 is 0 Å². The Balaban J connectivity index is 1.58. The van der Waals surface area contributed by atoms with Gasteiger partial charge in [-0.1, -0.05) is 55.3 Å². The summed E-state index contributed by atoms with van der Waals surface area (Å²) < 4.78 is 5.78. The minimum atomic E-state index is -0.564. The topological polar surface area (TPSA) is 95.9 Å². The van der Waals surface area contributed by atoms with Gasteiger partial charge in [0.05, 0.1) is 30.0 Å². The molecule has 1 aromatic rings. The van der Waals surface area contributed by atoms with Gasteiger partial charge in [-0.05, 0) is 56.9 Å². The number of nitrogens with zero attached hydrogens (tertiary/aromatic N) is 1. The van der Waals surface area contributed by atoms with Crippen molar-refractivity contribution in [1.82, 2.24) is 10.2 Å². The van der Waals surface area contributed by atoms with Gasteiger partial charge in [-0.3, -0.25) is 14.4 Å². The third-order valence-corrected chi connectivity index (χ3v) is 7.96. The zero-order chi connectivity index (χ0) is 27.4. The monoisotopic (exact) mass is 524 g/mol. The molecule has 7 nitrogen and oxygen atoms in total. The van der Waals surface area contributed by atoms with Gasteiger partial charge in [0.15, 0.2) is 0 Å². The zero-order valence-corrected chi connectivity index (χ0v) is 22.6. The van der Waals surface area contributed by atoms with E-state index in [9.17, 15) is 19.5 Å². The lowest BCUT2D eigenvalue weighted by Gasteiger charge is -2.31. The number of hydrogen-bond donors (Lipinski definition) is 2. The fourth-order valence-corrected chi connectivity index (χ4v) is 5.77. The Hall–Kier alpha value is -2.93. The number of benzene rings is 1. The average molecular weight is 525 g/mol. The van der Waals surface area contributed by atoms with E-state index in [0.29, 0.717) is 25.8 Å². The number of esters is 1. The quantitative estimate of drug-likeness (QED) is 0.263. The van der Waals surface area contributed by atoms with E-state index in [2.05, 4.69) is 18.5 Å². The molecule has 0 bridgehead atoms. The van der Waals surface area contributed by atoms with Crippen LogP contribution in [0.2, 0.25) is 0 Å². The van der Waals surface area contributed by atoms with Crippen LogP contribution in [-0.2, 0) is 25.5 Å². The van der Waals surface area contributed by atoms with Crippen molar-refractivity contribution in [2.75, 3.05) is 19.8 Å². The molecule has 7 heteroatoms. The maximum absolute atomic E-state index is 13.5. The van der Waals surface area contributed by atoms with Crippen LogP contribution in [0.5, 0.6) is 0 Å². The molecule has 2 fully saturated rings. The van der Waals surface area contributed by atoms with Crippen molar-refractivity contribution in [2.24, 2.45) is 11.8 Å². The lowest BCUT2D eigenvalue weighted by molar-refractivity contribution is -0.152. The predicted octanol–water partition coefficient (Wildman–Crippen LogP) is 4.35. The molecule has 2 N–H and O–H groups in total. The second kappa shape index (κ2) is 14.9. The number of likely N-dealkylation sites (tertiary alicyclic amines) is 1. The van der Waals surface area contributed by atoms with E-state index in [1.807, 2.05) is 36.4 Å². The molecule has 2 aliphatic rings. The van der Waals surface area contributed by atoms with Gasteiger partial charge < -0.3 is 20.1 Å². The van der Waals surface area contributed by atoms with Crippen molar-refractivity contribution in [1.29, 1.82) is 0 Å². The van der Waals surface area contributed by atoms with Crippen molar-refractivity contribution < 1.29 is 24.2 Å². The van der Waals surface area contributed by atoms with Gasteiger partial charge in [0, 0.05) is 13.0 Å². The normalized spacial score (nSPS) is 19.9. The fraction of sp³-hybridized carbons (Fsp3) is 0.581. The molecule has 1 aliphatic heterocycles. The number of aliphatic hydroxyl groups excluding tert-OH is 1. The number of amides is 2. The van der Waals surface area contributed by atoms with Crippen LogP contribution in [0.4, 0.5) is 0 Å². The van der Waals surface area contributed by atoms with E-state index in [4.69, 9.17) is 4.74 Å². The van der Waals surface area contributed by atoms with E-state index in [-0.39, 0.29) is 49.4 Å². The van der Waals surface area contributed by atoms with Crippen LogP contribution in [0, 0.1) is 11.8 Å². The molecule has 0 aromatic heterocycles. The minimum absolute atomic E-state index is 0.0519. The fourth-order valence-electron chi connectivity index (χ4n) is 5.77. The number of nitrogens with one attached hydrogen (secondary N) is 1. The summed E-state index contributed by atoms with van der Waals surface area (Å²) in [5, 5.41) is 12.8. The summed E-state index contributed by atoms with van der Waals surface area (Å²) >= 11 is 0. The minimum Gasteiger partial charge on any atom is -0.463 e. The highest BCUT2D eigenvalue weighted by atomic mass is 16.5.